The van der Waals surface area contributed by atoms with Crippen molar-refractivity contribution in [1.82, 2.24) is 14.1 Å². The maximum Gasteiger partial charge on any atom is 0.243 e. The van der Waals surface area contributed by atoms with Crippen LogP contribution in [0.5, 0.6) is 0 Å². The molecule has 0 bridgehead atoms. The molecule has 2 aromatic carbocycles. The number of carbonyl (C=O) groups excluding carboxylic acids is 1. The average molecular weight is 416 g/mol. The Morgan fingerprint density at radius 2 is 1.66 bits per heavy atom. The van der Waals surface area contributed by atoms with Crippen LogP contribution in [0.2, 0.25) is 0 Å². The van der Waals surface area contributed by atoms with Crippen molar-refractivity contribution in [3.8, 4) is 0 Å². The lowest BCUT2D eigenvalue weighted by atomic mass is 10.2. The zero-order valence-electron chi connectivity index (χ0n) is 17.3. The Labute approximate surface area is 173 Å². The Hall–Kier alpha value is -2.22. The van der Waals surface area contributed by atoms with Gasteiger partial charge in [0.15, 0.2) is 0 Å². The zero-order chi connectivity index (χ0) is 21.0. The fraction of sp³-hybridized carbons (Fsp3) is 0.409. The number of amides is 1. The molecule has 0 saturated carbocycles. The van der Waals surface area contributed by atoms with Gasteiger partial charge in [0, 0.05) is 39.8 Å². The van der Waals surface area contributed by atoms with Crippen LogP contribution in [0.25, 0.3) is 0 Å². The van der Waals surface area contributed by atoms with Crippen LogP contribution < -0.4 is 0 Å². The predicted molar refractivity (Wildman–Crippen MR) is 114 cm³/mol. The summed E-state index contributed by atoms with van der Waals surface area (Å²) in [6.45, 7) is 6.49. The van der Waals surface area contributed by atoms with Gasteiger partial charge in [-0.3, -0.25) is 9.69 Å². The molecule has 1 fully saturated rings. The summed E-state index contributed by atoms with van der Waals surface area (Å²) in [6.07, 6.45) is 0. The highest BCUT2D eigenvalue weighted by Gasteiger charge is 2.30. The molecule has 0 radical (unpaired) electrons. The summed E-state index contributed by atoms with van der Waals surface area (Å²) in [5, 5.41) is 0. The molecule has 0 aliphatic carbocycles. The van der Waals surface area contributed by atoms with E-state index in [0.717, 1.165) is 16.7 Å². The normalized spacial score (nSPS) is 16.0. The summed E-state index contributed by atoms with van der Waals surface area (Å²) in [7, 11) is -1.71. The Bertz CT molecular complexity index is 953. The summed E-state index contributed by atoms with van der Waals surface area (Å²) in [5.74, 6) is 0.0414. The molecule has 0 unspecified atom stereocenters. The average Bonchev–Trinajstić information content (AvgIpc) is 2.71. The summed E-state index contributed by atoms with van der Waals surface area (Å²) < 4.78 is 27.6. The molecule has 1 aliphatic heterocycles. The molecule has 3 rings (SSSR count). The monoisotopic (exact) mass is 415 g/mol. The second-order valence-corrected chi connectivity index (χ2v) is 9.59. The van der Waals surface area contributed by atoms with E-state index in [-0.39, 0.29) is 5.91 Å². The van der Waals surface area contributed by atoms with Crippen LogP contribution in [0.4, 0.5) is 0 Å². The number of nitrogens with zero attached hydrogens (tertiary/aromatic N) is 3. The van der Waals surface area contributed by atoms with Gasteiger partial charge >= 0.3 is 0 Å². The summed E-state index contributed by atoms with van der Waals surface area (Å²) >= 11 is 0. The van der Waals surface area contributed by atoms with E-state index in [4.69, 9.17) is 0 Å². The third kappa shape index (κ3) is 5.23. The molecule has 1 aliphatic rings. The largest absolute Gasteiger partial charge is 0.340 e. The van der Waals surface area contributed by atoms with Gasteiger partial charge in [0.05, 0.1) is 11.4 Å². The molecule has 0 spiro atoms. The van der Waals surface area contributed by atoms with Crippen molar-refractivity contribution in [3.05, 3.63) is 65.2 Å². The zero-order valence-corrected chi connectivity index (χ0v) is 18.2. The number of carbonyl (C=O) groups is 1. The number of rotatable bonds is 6. The van der Waals surface area contributed by atoms with Crippen LogP contribution in [0.1, 0.15) is 16.7 Å². The molecular weight excluding hydrogens is 386 g/mol. The van der Waals surface area contributed by atoms with Gasteiger partial charge in [-0.1, -0.05) is 42.5 Å². The van der Waals surface area contributed by atoms with Crippen molar-refractivity contribution in [1.29, 1.82) is 0 Å². The van der Waals surface area contributed by atoms with Gasteiger partial charge < -0.3 is 4.90 Å². The molecule has 0 aromatic heterocycles. The van der Waals surface area contributed by atoms with E-state index < -0.39 is 10.0 Å². The third-order valence-electron chi connectivity index (χ3n) is 5.34. The topological polar surface area (TPSA) is 60.9 Å². The van der Waals surface area contributed by atoms with Crippen molar-refractivity contribution in [2.45, 2.75) is 25.3 Å². The standard InChI is InChI=1S/C22H29N3O3S/c1-18-9-10-19(2)21(15-18)29(27,28)25-13-11-24(12-14-25)17-22(26)23(3)16-20-7-5-4-6-8-20/h4-10,15H,11-14,16-17H2,1-3H3. The lowest BCUT2D eigenvalue weighted by Crippen LogP contribution is -2.51. The number of sulfonamides is 1. The van der Waals surface area contributed by atoms with E-state index in [1.807, 2.05) is 61.2 Å². The van der Waals surface area contributed by atoms with Crippen LogP contribution in [-0.4, -0.2) is 68.2 Å². The number of aryl methyl sites for hydroxylation is 2. The second-order valence-electron chi connectivity index (χ2n) is 7.68. The van der Waals surface area contributed by atoms with Crippen molar-refractivity contribution in [2.75, 3.05) is 39.8 Å². The van der Waals surface area contributed by atoms with Crippen LogP contribution in [0.15, 0.2) is 53.4 Å². The Balaban J connectivity index is 1.56. The highest BCUT2D eigenvalue weighted by Crippen LogP contribution is 2.22. The Morgan fingerprint density at radius 1 is 1.00 bits per heavy atom. The molecule has 0 atom stereocenters. The Morgan fingerprint density at radius 3 is 2.31 bits per heavy atom. The highest BCUT2D eigenvalue weighted by molar-refractivity contribution is 7.89. The lowest BCUT2D eigenvalue weighted by molar-refractivity contribution is -0.131. The van der Waals surface area contributed by atoms with Crippen LogP contribution >= 0.6 is 0 Å². The highest BCUT2D eigenvalue weighted by atomic mass is 32.2. The van der Waals surface area contributed by atoms with Crippen LogP contribution in [0.3, 0.4) is 0 Å². The van der Waals surface area contributed by atoms with Crippen molar-refractivity contribution < 1.29 is 13.2 Å². The number of hydrogen-bond acceptors (Lipinski definition) is 4. The molecule has 156 valence electrons. The van der Waals surface area contributed by atoms with Gasteiger partial charge in [-0.05, 0) is 36.6 Å². The molecule has 2 aromatic rings. The predicted octanol–water partition coefficient (Wildman–Crippen LogP) is 2.27. The number of piperazine rings is 1. The van der Waals surface area contributed by atoms with Gasteiger partial charge in [0.1, 0.15) is 0 Å². The number of hydrogen-bond donors (Lipinski definition) is 0. The van der Waals surface area contributed by atoms with Crippen LogP contribution in [-0.2, 0) is 21.4 Å². The van der Waals surface area contributed by atoms with E-state index in [2.05, 4.69) is 0 Å². The van der Waals surface area contributed by atoms with Crippen molar-refractivity contribution in [2.24, 2.45) is 0 Å². The molecule has 1 heterocycles. The lowest BCUT2D eigenvalue weighted by Gasteiger charge is -2.34. The van der Waals surface area contributed by atoms with Gasteiger partial charge in [0.2, 0.25) is 15.9 Å². The van der Waals surface area contributed by atoms with E-state index in [0.29, 0.717) is 44.2 Å². The van der Waals surface area contributed by atoms with Crippen molar-refractivity contribution in [3.63, 3.8) is 0 Å². The van der Waals surface area contributed by atoms with E-state index in [1.165, 1.54) is 4.31 Å². The minimum Gasteiger partial charge on any atom is -0.340 e. The number of benzene rings is 2. The minimum atomic E-state index is -3.51. The fourth-order valence-electron chi connectivity index (χ4n) is 3.51. The first-order valence-electron chi connectivity index (χ1n) is 9.85. The van der Waals surface area contributed by atoms with Crippen LogP contribution in [0, 0.1) is 13.8 Å². The van der Waals surface area contributed by atoms with Gasteiger partial charge in [-0.25, -0.2) is 8.42 Å². The maximum absolute atomic E-state index is 13.0. The second kappa shape index (κ2) is 9.07. The molecule has 0 N–H and O–H groups in total. The first-order valence-corrected chi connectivity index (χ1v) is 11.3. The van der Waals surface area contributed by atoms with Gasteiger partial charge in [-0.2, -0.15) is 4.31 Å². The van der Waals surface area contributed by atoms with Crippen molar-refractivity contribution >= 4 is 15.9 Å². The SMILES string of the molecule is Cc1ccc(C)c(S(=O)(=O)N2CCN(CC(=O)N(C)Cc3ccccc3)CC2)c1. The van der Waals surface area contributed by atoms with Gasteiger partial charge in [-0.15, -0.1) is 0 Å². The quantitative estimate of drug-likeness (QED) is 0.726. The molecule has 1 amide bonds. The summed E-state index contributed by atoms with van der Waals surface area (Å²) in [6, 6.07) is 15.4. The number of likely N-dealkylation sites (N-methyl/N-ethyl adjacent to an activating group) is 1. The first kappa shape index (κ1) is 21.5. The smallest absolute Gasteiger partial charge is 0.243 e. The summed E-state index contributed by atoms with van der Waals surface area (Å²) in [5.41, 5.74) is 2.78. The fourth-order valence-corrected chi connectivity index (χ4v) is 5.24. The summed E-state index contributed by atoms with van der Waals surface area (Å²) in [4.78, 5) is 16.7. The molecule has 29 heavy (non-hydrogen) atoms. The Kier molecular flexibility index (Phi) is 6.72. The van der Waals surface area contributed by atoms with E-state index in [9.17, 15) is 13.2 Å². The molecule has 6 nitrogen and oxygen atoms in total. The third-order valence-corrected chi connectivity index (χ3v) is 7.38. The first-order chi connectivity index (χ1) is 13.8. The van der Waals surface area contributed by atoms with Gasteiger partial charge in [0.25, 0.3) is 0 Å². The minimum absolute atomic E-state index is 0.0414. The molecule has 1 saturated heterocycles. The molecular formula is C22H29N3O3S. The maximum atomic E-state index is 13.0. The van der Waals surface area contributed by atoms with E-state index >= 15 is 0 Å². The van der Waals surface area contributed by atoms with E-state index in [1.54, 1.807) is 18.0 Å². The molecule has 7 heteroatoms.